The standard InChI is InChI=1S/C18H17BrN4O/c1-11(2)21-17(24)12-3-6-15(7-4-12)22-18-20-10-13-9-14(19)5-8-16(13)23-18/h3-11H,1-2H3,(H,21,24)(H,20,22,23). The molecular formula is C18H17BrN4O. The van der Waals surface area contributed by atoms with Crippen LogP contribution in [0.15, 0.2) is 53.1 Å². The number of fused-ring (bicyclic) bond motifs is 1. The van der Waals surface area contributed by atoms with Gasteiger partial charge in [0.1, 0.15) is 0 Å². The lowest BCUT2D eigenvalue weighted by atomic mass is 10.2. The molecular weight excluding hydrogens is 368 g/mol. The van der Waals surface area contributed by atoms with Gasteiger partial charge in [-0.15, -0.1) is 0 Å². The van der Waals surface area contributed by atoms with Gasteiger partial charge in [0.15, 0.2) is 0 Å². The molecule has 0 saturated heterocycles. The summed E-state index contributed by atoms with van der Waals surface area (Å²) in [6.45, 7) is 3.87. The summed E-state index contributed by atoms with van der Waals surface area (Å²) in [5, 5.41) is 6.99. The highest BCUT2D eigenvalue weighted by molar-refractivity contribution is 9.10. The van der Waals surface area contributed by atoms with E-state index in [2.05, 4.69) is 36.5 Å². The number of rotatable bonds is 4. The number of amides is 1. The van der Waals surface area contributed by atoms with Gasteiger partial charge in [0.2, 0.25) is 5.95 Å². The summed E-state index contributed by atoms with van der Waals surface area (Å²) in [7, 11) is 0. The summed E-state index contributed by atoms with van der Waals surface area (Å²) in [6.07, 6.45) is 1.78. The van der Waals surface area contributed by atoms with Crippen LogP contribution in [0.25, 0.3) is 10.9 Å². The molecule has 0 saturated carbocycles. The Kier molecular flexibility index (Phi) is 4.76. The zero-order valence-electron chi connectivity index (χ0n) is 13.4. The zero-order valence-corrected chi connectivity index (χ0v) is 15.0. The normalized spacial score (nSPS) is 10.8. The molecule has 2 aromatic carbocycles. The Bertz CT molecular complexity index is 878. The molecule has 1 aromatic heterocycles. The second-order valence-electron chi connectivity index (χ2n) is 5.73. The van der Waals surface area contributed by atoms with Crippen molar-refractivity contribution >= 4 is 44.4 Å². The highest BCUT2D eigenvalue weighted by Gasteiger charge is 2.07. The van der Waals surface area contributed by atoms with Crippen LogP contribution in [0.4, 0.5) is 11.6 Å². The quantitative estimate of drug-likeness (QED) is 0.704. The van der Waals surface area contributed by atoms with Gasteiger partial charge < -0.3 is 10.6 Å². The van der Waals surface area contributed by atoms with Gasteiger partial charge in [-0.1, -0.05) is 15.9 Å². The van der Waals surface area contributed by atoms with Gasteiger partial charge in [0, 0.05) is 33.3 Å². The van der Waals surface area contributed by atoms with Crippen LogP contribution in [-0.2, 0) is 0 Å². The highest BCUT2D eigenvalue weighted by atomic mass is 79.9. The van der Waals surface area contributed by atoms with Gasteiger partial charge in [-0.25, -0.2) is 9.97 Å². The second-order valence-corrected chi connectivity index (χ2v) is 6.64. The molecule has 2 N–H and O–H groups in total. The third-order valence-electron chi connectivity index (χ3n) is 3.36. The van der Waals surface area contributed by atoms with Crippen molar-refractivity contribution in [2.24, 2.45) is 0 Å². The van der Waals surface area contributed by atoms with Crippen LogP contribution in [0.5, 0.6) is 0 Å². The van der Waals surface area contributed by atoms with E-state index in [-0.39, 0.29) is 11.9 Å². The molecule has 0 radical (unpaired) electrons. The van der Waals surface area contributed by atoms with E-state index in [1.54, 1.807) is 18.3 Å². The fourth-order valence-corrected chi connectivity index (χ4v) is 2.62. The molecule has 0 aliphatic rings. The number of carbonyl (C=O) groups excluding carboxylic acids is 1. The molecule has 0 aliphatic heterocycles. The van der Waals surface area contributed by atoms with E-state index in [1.165, 1.54) is 0 Å². The van der Waals surface area contributed by atoms with Crippen LogP contribution in [0.2, 0.25) is 0 Å². The molecule has 3 aromatic rings. The number of anilines is 2. The maximum Gasteiger partial charge on any atom is 0.251 e. The summed E-state index contributed by atoms with van der Waals surface area (Å²) < 4.78 is 0.995. The Hall–Kier alpha value is -2.47. The number of carbonyl (C=O) groups is 1. The molecule has 0 unspecified atom stereocenters. The molecule has 1 heterocycles. The fraction of sp³-hybridized carbons (Fsp3) is 0.167. The number of halogens is 1. The summed E-state index contributed by atoms with van der Waals surface area (Å²) in [5.41, 5.74) is 2.31. The third-order valence-corrected chi connectivity index (χ3v) is 3.86. The average molecular weight is 385 g/mol. The van der Waals surface area contributed by atoms with Gasteiger partial charge in [-0.05, 0) is 56.3 Å². The number of aromatic nitrogens is 2. The van der Waals surface area contributed by atoms with Crippen molar-refractivity contribution in [3.05, 3.63) is 58.7 Å². The monoisotopic (exact) mass is 384 g/mol. The van der Waals surface area contributed by atoms with Crippen LogP contribution in [-0.4, -0.2) is 21.9 Å². The van der Waals surface area contributed by atoms with Gasteiger partial charge in [-0.3, -0.25) is 4.79 Å². The summed E-state index contributed by atoms with van der Waals surface area (Å²) in [6, 6.07) is 13.2. The molecule has 0 spiro atoms. The predicted octanol–water partition coefficient (Wildman–Crippen LogP) is 4.27. The second kappa shape index (κ2) is 6.97. The molecule has 0 bridgehead atoms. The van der Waals surface area contributed by atoms with Crippen molar-refractivity contribution in [2.75, 3.05) is 5.32 Å². The lowest BCUT2D eigenvalue weighted by Crippen LogP contribution is -2.29. The molecule has 0 fully saturated rings. The van der Waals surface area contributed by atoms with Crippen LogP contribution in [0, 0.1) is 0 Å². The van der Waals surface area contributed by atoms with Gasteiger partial charge in [-0.2, -0.15) is 0 Å². The maximum absolute atomic E-state index is 11.9. The van der Waals surface area contributed by atoms with Crippen molar-refractivity contribution < 1.29 is 4.79 Å². The minimum absolute atomic E-state index is 0.0796. The Morgan fingerprint density at radius 3 is 2.58 bits per heavy atom. The van der Waals surface area contributed by atoms with Crippen LogP contribution < -0.4 is 10.6 Å². The average Bonchev–Trinajstić information content (AvgIpc) is 2.55. The van der Waals surface area contributed by atoms with Gasteiger partial charge >= 0.3 is 0 Å². The van der Waals surface area contributed by atoms with E-state index in [0.717, 1.165) is 21.1 Å². The van der Waals surface area contributed by atoms with E-state index in [4.69, 9.17) is 0 Å². The molecule has 3 rings (SSSR count). The highest BCUT2D eigenvalue weighted by Crippen LogP contribution is 2.20. The molecule has 5 nitrogen and oxygen atoms in total. The Labute approximate surface area is 148 Å². The molecule has 1 amide bonds. The Balaban J connectivity index is 1.76. The minimum Gasteiger partial charge on any atom is -0.350 e. The first-order valence-corrected chi connectivity index (χ1v) is 8.41. The Morgan fingerprint density at radius 1 is 1.12 bits per heavy atom. The van der Waals surface area contributed by atoms with Gasteiger partial charge in [0.25, 0.3) is 5.91 Å². The largest absolute Gasteiger partial charge is 0.350 e. The van der Waals surface area contributed by atoms with Crippen LogP contribution in [0.3, 0.4) is 0 Å². The smallest absolute Gasteiger partial charge is 0.251 e. The first kappa shape index (κ1) is 16.4. The number of hydrogen-bond acceptors (Lipinski definition) is 4. The predicted molar refractivity (Wildman–Crippen MR) is 99.6 cm³/mol. The van der Waals surface area contributed by atoms with Crippen molar-refractivity contribution in [3.8, 4) is 0 Å². The number of nitrogens with one attached hydrogen (secondary N) is 2. The topological polar surface area (TPSA) is 66.9 Å². The van der Waals surface area contributed by atoms with Crippen LogP contribution >= 0.6 is 15.9 Å². The number of nitrogens with zero attached hydrogens (tertiary/aromatic N) is 2. The summed E-state index contributed by atoms with van der Waals surface area (Å²) in [4.78, 5) is 20.7. The van der Waals surface area contributed by atoms with E-state index in [1.807, 2.05) is 44.2 Å². The van der Waals surface area contributed by atoms with E-state index in [9.17, 15) is 4.79 Å². The maximum atomic E-state index is 11.9. The molecule has 0 aliphatic carbocycles. The number of hydrogen-bond donors (Lipinski definition) is 2. The molecule has 6 heteroatoms. The van der Waals surface area contributed by atoms with Crippen molar-refractivity contribution in [2.45, 2.75) is 19.9 Å². The SMILES string of the molecule is CC(C)NC(=O)c1ccc(Nc2ncc3cc(Br)ccc3n2)cc1. The third kappa shape index (κ3) is 3.89. The van der Waals surface area contributed by atoms with E-state index in [0.29, 0.717) is 11.5 Å². The lowest BCUT2D eigenvalue weighted by molar-refractivity contribution is 0.0943. The molecule has 122 valence electrons. The Morgan fingerprint density at radius 2 is 1.88 bits per heavy atom. The van der Waals surface area contributed by atoms with Crippen LogP contribution in [0.1, 0.15) is 24.2 Å². The first-order valence-electron chi connectivity index (χ1n) is 7.61. The summed E-state index contributed by atoms with van der Waals surface area (Å²) >= 11 is 3.43. The van der Waals surface area contributed by atoms with E-state index >= 15 is 0 Å². The van der Waals surface area contributed by atoms with Crippen molar-refractivity contribution in [1.29, 1.82) is 0 Å². The lowest BCUT2D eigenvalue weighted by Gasteiger charge is -2.09. The zero-order chi connectivity index (χ0) is 17.1. The number of benzene rings is 2. The van der Waals surface area contributed by atoms with Gasteiger partial charge in [0.05, 0.1) is 5.52 Å². The fourth-order valence-electron chi connectivity index (χ4n) is 2.24. The van der Waals surface area contributed by atoms with Crippen molar-refractivity contribution in [1.82, 2.24) is 15.3 Å². The molecule has 24 heavy (non-hydrogen) atoms. The van der Waals surface area contributed by atoms with E-state index < -0.39 is 0 Å². The molecule has 0 atom stereocenters. The minimum atomic E-state index is -0.0796. The first-order chi connectivity index (χ1) is 11.5. The van der Waals surface area contributed by atoms with Crippen molar-refractivity contribution in [3.63, 3.8) is 0 Å². The summed E-state index contributed by atoms with van der Waals surface area (Å²) in [5.74, 6) is 0.438.